The summed E-state index contributed by atoms with van der Waals surface area (Å²) in [5, 5.41) is 17.4. The molecule has 11 heteroatoms. The van der Waals surface area contributed by atoms with Crippen molar-refractivity contribution in [3.05, 3.63) is 0 Å². The van der Waals surface area contributed by atoms with Gasteiger partial charge in [-0.05, 0) is 59.2 Å². The van der Waals surface area contributed by atoms with Crippen LogP contribution in [0.2, 0.25) is 0 Å². The van der Waals surface area contributed by atoms with Crippen LogP contribution in [0.1, 0.15) is 39.0 Å². The molecule has 6 atom stereocenters. The van der Waals surface area contributed by atoms with Crippen LogP contribution in [-0.4, -0.2) is 62.3 Å². The predicted molar refractivity (Wildman–Crippen MR) is 103 cm³/mol. The smallest absolute Gasteiger partial charge is 0.335 e. The second-order valence-corrected chi connectivity index (χ2v) is 8.22. The van der Waals surface area contributed by atoms with Crippen LogP contribution in [0.5, 0.6) is 0 Å². The van der Waals surface area contributed by atoms with Crippen LogP contribution in [-0.2, 0) is 0 Å². The summed E-state index contributed by atoms with van der Waals surface area (Å²) in [6.07, 6.45) is -2.46. The maximum absolute atomic E-state index is 13.1. The molecule has 28 heavy (non-hydrogen) atoms. The van der Waals surface area contributed by atoms with Crippen LogP contribution >= 0.6 is 11.6 Å². The van der Waals surface area contributed by atoms with Gasteiger partial charge in [-0.15, -0.1) is 11.6 Å². The molecule has 0 aromatic carbocycles. The van der Waals surface area contributed by atoms with E-state index in [0.29, 0.717) is 6.42 Å². The fourth-order valence-corrected chi connectivity index (χ4v) is 4.12. The zero-order chi connectivity index (χ0) is 20.7. The zero-order valence-corrected chi connectivity index (χ0v) is 17.1. The van der Waals surface area contributed by atoms with Gasteiger partial charge in [-0.1, -0.05) is 0 Å². The third-order valence-electron chi connectivity index (χ3n) is 5.20. The van der Waals surface area contributed by atoms with Gasteiger partial charge >= 0.3 is 12.2 Å². The first-order valence-electron chi connectivity index (χ1n) is 9.87. The van der Waals surface area contributed by atoms with Crippen molar-refractivity contribution in [3.63, 3.8) is 0 Å². The van der Waals surface area contributed by atoms with E-state index < -0.39 is 35.8 Å². The van der Waals surface area contributed by atoms with E-state index in [2.05, 4.69) is 31.9 Å². The van der Waals surface area contributed by atoms with Crippen LogP contribution in [0.3, 0.4) is 0 Å². The van der Waals surface area contributed by atoms with E-state index in [1.165, 1.54) is 0 Å². The Bertz CT molecular complexity index is 498. The van der Waals surface area contributed by atoms with E-state index >= 15 is 0 Å². The number of carbonyl (C=O) groups excluding carboxylic acids is 1. The standard InChI is InChI=1S/C17H32ClF3N6O/c1-10-8-14(23-7-3-6-22-2)26-15(24-10)27-16(28)25-11-4-5-13(18)12(9-11)17(19,20)21/h10-15,22-24,26H,3-9H2,1-2H3,(H2,25,27,28). The second-order valence-electron chi connectivity index (χ2n) is 7.66. The summed E-state index contributed by atoms with van der Waals surface area (Å²) in [7, 11) is 1.90. The molecular formula is C17H32ClF3N6O. The van der Waals surface area contributed by atoms with Gasteiger partial charge in [0.2, 0.25) is 0 Å². The van der Waals surface area contributed by atoms with Crippen LogP contribution in [0, 0.1) is 5.92 Å². The number of rotatable bonds is 7. The Balaban J connectivity index is 1.78. The Hall–Kier alpha value is -0.810. The number of hydrogen-bond acceptors (Lipinski definition) is 5. The molecule has 2 rings (SSSR count). The minimum Gasteiger partial charge on any atom is -0.335 e. The highest BCUT2D eigenvalue weighted by Crippen LogP contribution is 2.40. The quantitative estimate of drug-likeness (QED) is 0.272. The molecule has 2 amide bonds. The van der Waals surface area contributed by atoms with Crippen LogP contribution in [0.4, 0.5) is 18.0 Å². The van der Waals surface area contributed by atoms with Crippen molar-refractivity contribution in [2.75, 3.05) is 20.1 Å². The fraction of sp³-hybridized carbons (Fsp3) is 0.941. The monoisotopic (exact) mass is 428 g/mol. The Kier molecular flexibility index (Phi) is 9.07. The van der Waals surface area contributed by atoms with Crippen molar-refractivity contribution in [1.29, 1.82) is 0 Å². The molecule has 2 aliphatic rings. The predicted octanol–water partition coefficient (Wildman–Crippen LogP) is 1.40. The van der Waals surface area contributed by atoms with Gasteiger partial charge in [-0.3, -0.25) is 10.6 Å². The van der Waals surface area contributed by atoms with E-state index in [1.807, 2.05) is 14.0 Å². The molecule has 0 spiro atoms. The number of hydrogen-bond donors (Lipinski definition) is 6. The number of carbonyl (C=O) groups is 1. The molecule has 1 saturated carbocycles. The van der Waals surface area contributed by atoms with Crippen LogP contribution in [0.15, 0.2) is 0 Å². The van der Waals surface area contributed by atoms with Crippen molar-refractivity contribution in [3.8, 4) is 0 Å². The molecule has 0 aromatic rings. The van der Waals surface area contributed by atoms with Gasteiger partial charge in [0.1, 0.15) is 6.29 Å². The molecule has 0 radical (unpaired) electrons. The Morgan fingerprint density at radius 2 is 1.89 bits per heavy atom. The minimum atomic E-state index is -4.35. The molecule has 1 aliphatic carbocycles. The van der Waals surface area contributed by atoms with Crippen molar-refractivity contribution < 1.29 is 18.0 Å². The lowest BCUT2D eigenvalue weighted by atomic mass is 9.85. The number of alkyl halides is 4. The third kappa shape index (κ3) is 7.55. The third-order valence-corrected chi connectivity index (χ3v) is 5.72. The molecule has 6 unspecified atom stereocenters. The molecule has 2 fully saturated rings. The summed E-state index contributed by atoms with van der Waals surface area (Å²) >= 11 is 5.84. The average molecular weight is 429 g/mol. The van der Waals surface area contributed by atoms with E-state index in [1.54, 1.807) is 0 Å². The van der Waals surface area contributed by atoms with Crippen LogP contribution < -0.4 is 31.9 Å². The maximum Gasteiger partial charge on any atom is 0.393 e. The molecule has 1 heterocycles. The van der Waals surface area contributed by atoms with Gasteiger partial charge in [-0.25, -0.2) is 4.79 Å². The summed E-state index contributed by atoms with van der Waals surface area (Å²) in [5.74, 6) is -1.59. The first kappa shape index (κ1) is 23.5. The summed E-state index contributed by atoms with van der Waals surface area (Å²) in [4.78, 5) is 12.3. The largest absolute Gasteiger partial charge is 0.393 e. The number of urea groups is 1. The van der Waals surface area contributed by atoms with Crippen molar-refractivity contribution >= 4 is 17.6 Å². The number of halogens is 4. The SMILES string of the molecule is CNCCCNC1CC(C)NC(NC(=O)NC2CCC(Cl)C(C(F)(F)F)C2)N1. The Morgan fingerprint density at radius 3 is 2.57 bits per heavy atom. The summed E-state index contributed by atoms with van der Waals surface area (Å²) in [6.45, 7) is 3.77. The lowest BCUT2D eigenvalue weighted by Crippen LogP contribution is -2.68. The van der Waals surface area contributed by atoms with Crippen LogP contribution in [0.25, 0.3) is 0 Å². The Labute approximate surface area is 169 Å². The lowest BCUT2D eigenvalue weighted by Gasteiger charge is -2.38. The molecule has 1 aliphatic heterocycles. The first-order valence-corrected chi connectivity index (χ1v) is 10.3. The van der Waals surface area contributed by atoms with E-state index in [0.717, 1.165) is 25.9 Å². The minimum absolute atomic E-state index is 0.0414. The molecule has 1 saturated heterocycles. The number of nitrogens with one attached hydrogen (secondary N) is 6. The molecular weight excluding hydrogens is 397 g/mol. The zero-order valence-electron chi connectivity index (χ0n) is 16.3. The van der Waals surface area contributed by atoms with Gasteiger partial charge in [0, 0.05) is 17.5 Å². The van der Waals surface area contributed by atoms with Gasteiger partial charge in [0.25, 0.3) is 0 Å². The highest BCUT2D eigenvalue weighted by Gasteiger charge is 2.47. The highest BCUT2D eigenvalue weighted by atomic mass is 35.5. The van der Waals surface area contributed by atoms with E-state index in [9.17, 15) is 18.0 Å². The molecule has 0 aromatic heterocycles. The first-order chi connectivity index (χ1) is 13.2. The van der Waals surface area contributed by atoms with Gasteiger partial charge < -0.3 is 21.3 Å². The van der Waals surface area contributed by atoms with Gasteiger partial charge in [0.05, 0.1) is 12.1 Å². The molecule has 164 valence electrons. The van der Waals surface area contributed by atoms with E-state index in [-0.39, 0.29) is 25.0 Å². The molecule has 6 N–H and O–H groups in total. The lowest BCUT2D eigenvalue weighted by molar-refractivity contribution is -0.182. The van der Waals surface area contributed by atoms with Gasteiger partial charge in [0.15, 0.2) is 0 Å². The van der Waals surface area contributed by atoms with Gasteiger partial charge in [-0.2, -0.15) is 13.2 Å². The maximum atomic E-state index is 13.1. The average Bonchev–Trinajstić information content (AvgIpc) is 2.59. The molecule has 0 bridgehead atoms. The fourth-order valence-electron chi connectivity index (χ4n) is 3.75. The van der Waals surface area contributed by atoms with Crippen molar-refractivity contribution in [1.82, 2.24) is 31.9 Å². The summed E-state index contributed by atoms with van der Waals surface area (Å²) in [5.41, 5.74) is 0. The Morgan fingerprint density at radius 1 is 1.14 bits per heavy atom. The summed E-state index contributed by atoms with van der Waals surface area (Å²) < 4.78 is 39.2. The van der Waals surface area contributed by atoms with E-state index in [4.69, 9.17) is 11.6 Å². The van der Waals surface area contributed by atoms with Crippen molar-refractivity contribution in [2.45, 2.75) is 75.1 Å². The van der Waals surface area contributed by atoms with Crippen molar-refractivity contribution in [2.24, 2.45) is 5.92 Å². The summed E-state index contributed by atoms with van der Waals surface area (Å²) in [6, 6.07) is -0.861. The molecule has 7 nitrogen and oxygen atoms in total. The normalized spacial score (nSPS) is 34.1. The highest BCUT2D eigenvalue weighted by molar-refractivity contribution is 6.20. The topological polar surface area (TPSA) is 89.2 Å². The number of amides is 2. The second kappa shape index (κ2) is 10.8.